The molecule has 1 aromatic carbocycles. The van der Waals surface area contributed by atoms with E-state index in [4.69, 9.17) is 10.5 Å². The predicted molar refractivity (Wildman–Crippen MR) is 83.0 cm³/mol. The number of nitrogens with two attached hydrogens (primary N) is 1. The number of nitrogens with one attached hydrogen (secondary N) is 1. The molecule has 1 unspecified atom stereocenters. The molecule has 1 aromatic rings. The van der Waals surface area contributed by atoms with Gasteiger partial charge in [0.2, 0.25) is 10.0 Å². The zero-order valence-corrected chi connectivity index (χ0v) is 13.5. The highest BCUT2D eigenvalue weighted by atomic mass is 32.2. The second-order valence-corrected chi connectivity index (χ2v) is 7.36. The fourth-order valence-corrected chi connectivity index (χ4v) is 3.50. The summed E-state index contributed by atoms with van der Waals surface area (Å²) in [5, 5.41) is 0. The van der Waals surface area contributed by atoms with Crippen LogP contribution in [0.2, 0.25) is 0 Å². The Hall–Kier alpha value is -1.31. The number of nitrogen functional groups attached to an aromatic ring is 1. The molecule has 6 nitrogen and oxygen atoms in total. The lowest BCUT2D eigenvalue weighted by molar-refractivity contribution is 0.280. The van der Waals surface area contributed by atoms with Crippen molar-refractivity contribution >= 4 is 15.7 Å². The second-order valence-electron chi connectivity index (χ2n) is 5.62. The van der Waals surface area contributed by atoms with Crippen molar-refractivity contribution in [2.75, 3.05) is 33.0 Å². The van der Waals surface area contributed by atoms with Crippen molar-refractivity contribution in [3.05, 3.63) is 17.7 Å². The first kappa shape index (κ1) is 16.1. The lowest BCUT2D eigenvalue weighted by Gasteiger charge is -2.23. The number of ether oxygens (including phenoxy) is 1. The Morgan fingerprint density at radius 3 is 2.81 bits per heavy atom. The Balaban J connectivity index is 2.29. The first-order chi connectivity index (χ1) is 9.81. The number of rotatable bonds is 5. The van der Waals surface area contributed by atoms with Gasteiger partial charge in [-0.2, -0.15) is 0 Å². The Morgan fingerprint density at radius 2 is 2.14 bits per heavy atom. The second kappa shape index (κ2) is 6.21. The van der Waals surface area contributed by atoms with Gasteiger partial charge >= 0.3 is 0 Å². The van der Waals surface area contributed by atoms with Gasteiger partial charge < -0.3 is 15.4 Å². The molecule has 0 aromatic heterocycles. The smallest absolute Gasteiger partial charge is 0.244 e. The van der Waals surface area contributed by atoms with E-state index in [0.29, 0.717) is 24.6 Å². The lowest BCUT2D eigenvalue weighted by atomic mass is 10.1. The molecule has 0 saturated carbocycles. The number of hydrogen-bond acceptors (Lipinski definition) is 5. The molecule has 0 bridgehead atoms. The van der Waals surface area contributed by atoms with Gasteiger partial charge in [0.15, 0.2) is 0 Å². The zero-order chi connectivity index (χ0) is 15.6. The van der Waals surface area contributed by atoms with Crippen LogP contribution >= 0.6 is 0 Å². The standard InChI is InChI=1S/C14H23N3O3S/c1-10(17(2)3)9-16-21(18,19)13-8-12(15)7-11-5-4-6-20-14(11)13/h7-8,10,16H,4-6,9,15H2,1-3H3. The highest BCUT2D eigenvalue weighted by Gasteiger charge is 2.25. The topological polar surface area (TPSA) is 84.7 Å². The van der Waals surface area contributed by atoms with Crippen LogP contribution in [0.4, 0.5) is 5.69 Å². The first-order valence-corrected chi connectivity index (χ1v) is 8.51. The highest BCUT2D eigenvalue weighted by Crippen LogP contribution is 2.34. The summed E-state index contributed by atoms with van der Waals surface area (Å²) in [7, 11) is 0.180. The summed E-state index contributed by atoms with van der Waals surface area (Å²) in [4.78, 5) is 2.09. The van der Waals surface area contributed by atoms with Crippen LogP contribution in [0.15, 0.2) is 17.0 Å². The van der Waals surface area contributed by atoms with Gasteiger partial charge in [0.05, 0.1) is 6.61 Å². The molecule has 1 atom stereocenters. The van der Waals surface area contributed by atoms with Crippen LogP contribution in [0.1, 0.15) is 18.9 Å². The quantitative estimate of drug-likeness (QED) is 0.786. The fraction of sp³-hybridized carbons (Fsp3) is 0.571. The maximum atomic E-state index is 12.5. The number of aryl methyl sites for hydroxylation is 1. The van der Waals surface area contributed by atoms with Crippen molar-refractivity contribution in [2.24, 2.45) is 0 Å². The number of benzene rings is 1. The van der Waals surface area contributed by atoms with Crippen LogP contribution in [-0.4, -0.2) is 46.6 Å². The number of nitrogens with zero attached hydrogens (tertiary/aromatic N) is 1. The Morgan fingerprint density at radius 1 is 1.43 bits per heavy atom. The van der Waals surface area contributed by atoms with Crippen molar-refractivity contribution in [3.8, 4) is 5.75 Å². The molecule has 0 amide bonds. The zero-order valence-electron chi connectivity index (χ0n) is 12.7. The Bertz CT molecular complexity index is 614. The van der Waals surface area contributed by atoms with Crippen molar-refractivity contribution in [1.82, 2.24) is 9.62 Å². The van der Waals surface area contributed by atoms with E-state index in [1.165, 1.54) is 6.07 Å². The Labute approximate surface area is 126 Å². The normalized spacial score (nSPS) is 16.4. The number of sulfonamides is 1. The fourth-order valence-electron chi connectivity index (χ4n) is 2.16. The van der Waals surface area contributed by atoms with E-state index in [2.05, 4.69) is 4.72 Å². The van der Waals surface area contributed by atoms with Crippen molar-refractivity contribution in [2.45, 2.75) is 30.7 Å². The molecule has 0 radical (unpaired) electrons. The Kier molecular flexibility index (Phi) is 4.75. The monoisotopic (exact) mass is 313 g/mol. The van der Waals surface area contributed by atoms with E-state index in [-0.39, 0.29) is 10.9 Å². The van der Waals surface area contributed by atoms with Crippen LogP contribution < -0.4 is 15.2 Å². The van der Waals surface area contributed by atoms with Crippen LogP contribution in [0, 0.1) is 0 Å². The number of hydrogen-bond donors (Lipinski definition) is 2. The highest BCUT2D eigenvalue weighted by molar-refractivity contribution is 7.89. The maximum Gasteiger partial charge on any atom is 0.244 e. The average molecular weight is 313 g/mol. The molecule has 3 N–H and O–H groups in total. The third kappa shape index (κ3) is 3.66. The number of fused-ring (bicyclic) bond motifs is 1. The van der Waals surface area contributed by atoms with Crippen LogP contribution in [-0.2, 0) is 16.4 Å². The molecule has 118 valence electrons. The minimum Gasteiger partial charge on any atom is -0.492 e. The molecule has 0 fully saturated rings. The first-order valence-electron chi connectivity index (χ1n) is 7.02. The number of anilines is 1. The summed E-state index contributed by atoms with van der Waals surface area (Å²) >= 11 is 0. The number of likely N-dealkylation sites (N-methyl/N-ethyl adjacent to an activating group) is 1. The van der Waals surface area contributed by atoms with Crippen LogP contribution in [0.25, 0.3) is 0 Å². The van der Waals surface area contributed by atoms with E-state index in [9.17, 15) is 8.42 Å². The van der Waals surface area contributed by atoms with Gasteiger partial charge in [0.1, 0.15) is 10.6 Å². The van der Waals surface area contributed by atoms with Gasteiger partial charge in [-0.1, -0.05) is 0 Å². The molecule has 7 heteroatoms. The summed E-state index contributed by atoms with van der Waals surface area (Å²) in [5.41, 5.74) is 7.14. The summed E-state index contributed by atoms with van der Waals surface area (Å²) in [6.45, 7) is 2.82. The average Bonchev–Trinajstić information content (AvgIpc) is 2.43. The van der Waals surface area contributed by atoms with E-state index >= 15 is 0 Å². The molecule has 0 spiro atoms. The third-order valence-electron chi connectivity index (χ3n) is 3.73. The summed E-state index contributed by atoms with van der Waals surface area (Å²) in [5.74, 6) is 0.445. The van der Waals surface area contributed by atoms with Gasteiger partial charge in [-0.3, -0.25) is 0 Å². The minimum atomic E-state index is -3.63. The van der Waals surface area contributed by atoms with Gasteiger partial charge in [0.25, 0.3) is 0 Å². The summed E-state index contributed by atoms with van der Waals surface area (Å²) < 4.78 is 33.2. The van der Waals surface area contributed by atoms with Crippen molar-refractivity contribution < 1.29 is 13.2 Å². The summed E-state index contributed by atoms with van der Waals surface area (Å²) in [6.07, 6.45) is 1.66. The van der Waals surface area contributed by atoms with Crippen LogP contribution in [0.5, 0.6) is 5.75 Å². The van der Waals surface area contributed by atoms with Gasteiger partial charge in [-0.15, -0.1) is 0 Å². The molecule has 0 aliphatic carbocycles. The van der Waals surface area contributed by atoms with Crippen molar-refractivity contribution in [1.29, 1.82) is 0 Å². The molecule has 21 heavy (non-hydrogen) atoms. The minimum absolute atomic E-state index is 0.0950. The van der Waals surface area contributed by atoms with E-state index in [1.54, 1.807) is 6.07 Å². The maximum absolute atomic E-state index is 12.5. The molecule has 1 aliphatic rings. The van der Waals surface area contributed by atoms with Gasteiger partial charge in [-0.25, -0.2) is 13.1 Å². The van der Waals surface area contributed by atoms with E-state index in [1.807, 2.05) is 25.9 Å². The van der Waals surface area contributed by atoms with E-state index < -0.39 is 10.0 Å². The molecule has 1 heterocycles. The third-order valence-corrected chi connectivity index (χ3v) is 5.16. The summed E-state index contributed by atoms with van der Waals surface area (Å²) in [6, 6.07) is 3.35. The van der Waals surface area contributed by atoms with Crippen molar-refractivity contribution in [3.63, 3.8) is 0 Å². The molecular weight excluding hydrogens is 290 g/mol. The van der Waals surface area contributed by atoms with Crippen LogP contribution in [0.3, 0.4) is 0 Å². The van der Waals surface area contributed by atoms with Gasteiger partial charge in [0, 0.05) is 18.3 Å². The molecule has 2 rings (SSSR count). The predicted octanol–water partition coefficient (Wildman–Crippen LogP) is 0.822. The lowest BCUT2D eigenvalue weighted by Crippen LogP contribution is -2.38. The van der Waals surface area contributed by atoms with Gasteiger partial charge in [-0.05, 0) is 51.6 Å². The molecule has 0 saturated heterocycles. The largest absolute Gasteiger partial charge is 0.492 e. The molecular formula is C14H23N3O3S. The van der Waals surface area contributed by atoms with E-state index in [0.717, 1.165) is 18.4 Å². The SMILES string of the molecule is CC(CNS(=O)(=O)c1cc(N)cc2c1OCCC2)N(C)C. The molecule has 1 aliphatic heterocycles.